The quantitative estimate of drug-likeness (QED) is 0.775. The van der Waals surface area contributed by atoms with Gasteiger partial charge in [0.25, 0.3) is 0 Å². The van der Waals surface area contributed by atoms with Crippen LogP contribution in [0.2, 0.25) is 0 Å². The highest BCUT2D eigenvalue weighted by Crippen LogP contribution is 2.22. The SMILES string of the molecule is Cc1cc(CC(O)c2cnn3ccccc23)n(C)n1. The van der Waals surface area contributed by atoms with E-state index in [1.54, 1.807) is 10.7 Å². The number of aliphatic hydroxyl groups excluding tert-OH is 1. The van der Waals surface area contributed by atoms with Crippen molar-refractivity contribution in [3.63, 3.8) is 0 Å². The molecule has 0 aromatic carbocycles. The average molecular weight is 256 g/mol. The minimum Gasteiger partial charge on any atom is -0.388 e. The summed E-state index contributed by atoms with van der Waals surface area (Å²) in [7, 11) is 1.89. The molecule has 5 nitrogen and oxygen atoms in total. The summed E-state index contributed by atoms with van der Waals surface area (Å²) in [6, 6.07) is 7.82. The fourth-order valence-corrected chi connectivity index (χ4v) is 2.37. The summed E-state index contributed by atoms with van der Waals surface area (Å²) in [4.78, 5) is 0. The molecule has 5 heteroatoms. The Morgan fingerprint density at radius 3 is 2.95 bits per heavy atom. The Morgan fingerprint density at radius 1 is 1.37 bits per heavy atom. The maximum absolute atomic E-state index is 10.4. The normalized spacial score (nSPS) is 13.0. The van der Waals surface area contributed by atoms with E-state index in [1.165, 1.54) is 0 Å². The van der Waals surface area contributed by atoms with Gasteiger partial charge in [0, 0.05) is 30.9 Å². The van der Waals surface area contributed by atoms with Crippen molar-refractivity contribution in [2.24, 2.45) is 7.05 Å². The van der Waals surface area contributed by atoms with Gasteiger partial charge in [-0.25, -0.2) is 4.52 Å². The number of aromatic nitrogens is 4. The van der Waals surface area contributed by atoms with Crippen LogP contribution in [0.25, 0.3) is 5.52 Å². The van der Waals surface area contributed by atoms with Gasteiger partial charge in [0.1, 0.15) is 0 Å². The molecule has 3 heterocycles. The fraction of sp³-hybridized carbons (Fsp3) is 0.286. The summed E-state index contributed by atoms with van der Waals surface area (Å²) < 4.78 is 3.58. The Labute approximate surface area is 111 Å². The standard InChI is InChI=1S/C14H16N4O/c1-10-7-11(17(2)16-10)8-14(19)12-9-15-18-6-4-3-5-13(12)18/h3-7,9,14,19H,8H2,1-2H3. The third-order valence-electron chi connectivity index (χ3n) is 3.32. The first-order valence-corrected chi connectivity index (χ1v) is 6.25. The van der Waals surface area contributed by atoms with Crippen LogP contribution in [0.3, 0.4) is 0 Å². The lowest BCUT2D eigenvalue weighted by molar-refractivity contribution is 0.177. The molecule has 0 radical (unpaired) electrons. The van der Waals surface area contributed by atoms with E-state index in [4.69, 9.17) is 0 Å². The van der Waals surface area contributed by atoms with Crippen molar-refractivity contribution in [2.75, 3.05) is 0 Å². The zero-order chi connectivity index (χ0) is 13.4. The smallest absolute Gasteiger partial charge is 0.0881 e. The van der Waals surface area contributed by atoms with Crippen LogP contribution in [0, 0.1) is 6.92 Å². The first-order chi connectivity index (χ1) is 9.15. The maximum atomic E-state index is 10.4. The summed E-state index contributed by atoms with van der Waals surface area (Å²) in [5.74, 6) is 0. The number of pyridine rings is 1. The van der Waals surface area contributed by atoms with E-state index in [0.717, 1.165) is 22.5 Å². The topological polar surface area (TPSA) is 55.4 Å². The molecule has 3 aromatic heterocycles. The molecule has 1 N–H and O–H groups in total. The van der Waals surface area contributed by atoms with E-state index >= 15 is 0 Å². The average Bonchev–Trinajstić information content (AvgIpc) is 2.93. The molecule has 0 fully saturated rings. The number of rotatable bonds is 3. The molecule has 0 saturated heterocycles. The molecule has 0 aliphatic carbocycles. The molecule has 0 bridgehead atoms. The Bertz CT molecular complexity index is 713. The maximum Gasteiger partial charge on any atom is 0.0881 e. The first kappa shape index (κ1) is 11.9. The van der Waals surface area contributed by atoms with E-state index in [1.807, 2.05) is 49.1 Å². The Kier molecular flexibility index (Phi) is 2.83. The Balaban J connectivity index is 1.92. The van der Waals surface area contributed by atoms with Gasteiger partial charge in [-0.1, -0.05) is 6.07 Å². The van der Waals surface area contributed by atoms with Gasteiger partial charge in [0.05, 0.1) is 23.5 Å². The van der Waals surface area contributed by atoms with Crippen molar-refractivity contribution in [1.82, 2.24) is 19.4 Å². The second kappa shape index (κ2) is 4.51. The summed E-state index contributed by atoms with van der Waals surface area (Å²) in [5, 5.41) is 18.9. The van der Waals surface area contributed by atoms with Crippen LogP contribution in [0.1, 0.15) is 23.1 Å². The molecule has 19 heavy (non-hydrogen) atoms. The zero-order valence-electron chi connectivity index (χ0n) is 11.0. The molecule has 1 unspecified atom stereocenters. The molecule has 0 aliphatic rings. The molecule has 1 atom stereocenters. The Morgan fingerprint density at radius 2 is 2.21 bits per heavy atom. The van der Waals surface area contributed by atoms with E-state index in [2.05, 4.69) is 10.2 Å². The van der Waals surface area contributed by atoms with E-state index < -0.39 is 6.10 Å². The van der Waals surface area contributed by atoms with Crippen molar-refractivity contribution >= 4 is 5.52 Å². The fourth-order valence-electron chi connectivity index (χ4n) is 2.37. The van der Waals surface area contributed by atoms with E-state index in [0.29, 0.717) is 6.42 Å². The molecule has 98 valence electrons. The van der Waals surface area contributed by atoms with Gasteiger partial charge >= 0.3 is 0 Å². The van der Waals surface area contributed by atoms with Crippen LogP contribution in [-0.2, 0) is 13.5 Å². The minimum atomic E-state index is -0.574. The molecule has 3 aromatic rings. The summed E-state index contributed by atoms with van der Waals surface area (Å²) in [6.07, 6.45) is 3.56. The van der Waals surface area contributed by atoms with Gasteiger partial charge in [-0.2, -0.15) is 10.2 Å². The zero-order valence-corrected chi connectivity index (χ0v) is 11.0. The van der Waals surface area contributed by atoms with Crippen molar-refractivity contribution in [1.29, 1.82) is 0 Å². The summed E-state index contributed by atoms with van der Waals surface area (Å²) >= 11 is 0. The van der Waals surface area contributed by atoms with Crippen LogP contribution in [0.4, 0.5) is 0 Å². The third-order valence-corrected chi connectivity index (χ3v) is 3.32. The van der Waals surface area contributed by atoms with Crippen molar-refractivity contribution < 1.29 is 5.11 Å². The largest absolute Gasteiger partial charge is 0.388 e. The molecule has 0 saturated carbocycles. The van der Waals surface area contributed by atoms with Crippen LogP contribution >= 0.6 is 0 Å². The lowest BCUT2D eigenvalue weighted by Gasteiger charge is -2.09. The summed E-state index contributed by atoms with van der Waals surface area (Å²) in [6.45, 7) is 1.95. The number of aryl methyl sites for hydroxylation is 2. The molecule has 0 amide bonds. The Hall–Kier alpha value is -2.14. The first-order valence-electron chi connectivity index (χ1n) is 6.25. The van der Waals surface area contributed by atoms with Gasteiger partial charge in [-0.05, 0) is 25.1 Å². The van der Waals surface area contributed by atoms with Crippen molar-refractivity contribution in [3.05, 3.63) is 53.6 Å². The minimum absolute atomic E-state index is 0.535. The van der Waals surface area contributed by atoms with Gasteiger partial charge in [-0.3, -0.25) is 4.68 Å². The van der Waals surface area contributed by atoms with Gasteiger partial charge in [0.2, 0.25) is 0 Å². The number of aliphatic hydroxyl groups is 1. The lowest BCUT2D eigenvalue weighted by atomic mass is 10.1. The highest BCUT2D eigenvalue weighted by Gasteiger charge is 2.16. The van der Waals surface area contributed by atoms with Crippen molar-refractivity contribution in [2.45, 2.75) is 19.4 Å². The van der Waals surface area contributed by atoms with Gasteiger partial charge in [-0.15, -0.1) is 0 Å². The predicted molar refractivity (Wildman–Crippen MR) is 71.8 cm³/mol. The third kappa shape index (κ3) is 2.13. The second-order valence-electron chi connectivity index (χ2n) is 4.75. The number of nitrogens with zero attached hydrogens (tertiary/aromatic N) is 4. The number of hydrogen-bond donors (Lipinski definition) is 1. The van der Waals surface area contributed by atoms with Crippen LogP contribution in [-0.4, -0.2) is 24.5 Å². The molecule has 3 rings (SSSR count). The monoisotopic (exact) mass is 256 g/mol. The highest BCUT2D eigenvalue weighted by atomic mass is 16.3. The van der Waals surface area contributed by atoms with Gasteiger partial charge in [0.15, 0.2) is 0 Å². The predicted octanol–water partition coefficient (Wildman–Crippen LogP) is 1.65. The number of hydrogen-bond acceptors (Lipinski definition) is 3. The lowest BCUT2D eigenvalue weighted by Crippen LogP contribution is -2.06. The van der Waals surface area contributed by atoms with Crippen molar-refractivity contribution in [3.8, 4) is 0 Å². The summed E-state index contributed by atoms with van der Waals surface area (Å²) in [5.41, 5.74) is 3.76. The van der Waals surface area contributed by atoms with Crippen LogP contribution in [0.5, 0.6) is 0 Å². The highest BCUT2D eigenvalue weighted by molar-refractivity contribution is 5.54. The van der Waals surface area contributed by atoms with Crippen LogP contribution < -0.4 is 0 Å². The molecular weight excluding hydrogens is 240 g/mol. The number of fused-ring (bicyclic) bond motifs is 1. The molecular formula is C14H16N4O. The molecule has 0 spiro atoms. The van der Waals surface area contributed by atoms with E-state index in [-0.39, 0.29) is 0 Å². The van der Waals surface area contributed by atoms with E-state index in [9.17, 15) is 5.11 Å². The molecule has 0 aliphatic heterocycles. The second-order valence-corrected chi connectivity index (χ2v) is 4.75. The van der Waals surface area contributed by atoms with Crippen LogP contribution in [0.15, 0.2) is 36.7 Å². The van der Waals surface area contributed by atoms with Gasteiger partial charge < -0.3 is 5.11 Å².